The van der Waals surface area contributed by atoms with Crippen LogP contribution in [0.3, 0.4) is 0 Å². The van der Waals surface area contributed by atoms with Gasteiger partial charge >= 0.3 is 0 Å². The molecule has 0 aromatic carbocycles. The van der Waals surface area contributed by atoms with E-state index in [0.717, 1.165) is 24.6 Å². The Labute approximate surface area is 160 Å². The molecule has 0 aliphatic heterocycles. The van der Waals surface area contributed by atoms with Crippen molar-refractivity contribution in [2.24, 2.45) is 4.99 Å². The zero-order valence-electron chi connectivity index (χ0n) is 16.2. The van der Waals surface area contributed by atoms with Crippen molar-refractivity contribution in [1.29, 1.82) is 0 Å². The van der Waals surface area contributed by atoms with Crippen LogP contribution >= 0.6 is 11.3 Å². The van der Waals surface area contributed by atoms with E-state index < -0.39 is 0 Å². The highest BCUT2D eigenvalue weighted by Crippen LogP contribution is 2.28. The summed E-state index contributed by atoms with van der Waals surface area (Å²) < 4.78 is 2.14. The van der Waals surface area contributed by atoms with Crippen LogP contribution in [0.15, 0.2) is 29.4 Å². The predicted octanol–water partition coefficient (Wildman–Crippen LogP) is 4.05. The third kappa shape index (κ3) is 5.34. The van der Waals surface area contributed by atoms with Crippen molar-refractivity contribution < 1.29 is 0 Å². The summed E-state index contributed by atoms with van der Waals surface area (Å²) >= 11 is 1.87. The van der Waals surface area contributed by atoms with Crippen molar-refractivity contribution in [2.45, 2.75) is 71.5 Å². The van der Waals surface area contributed by atoms with Crippen molar-refractivity contribution in [3.8, 4) is 0 Å². The normalized spacial score (nSPS) is 16.8. The molecular formula is C20H31N5S. The lowest BCUT2D eigenvalue weighted by Crippen LogP contribution is -2.43. The maximum atomic E-state index is 4.73. The van der Waals surface area contributed by atoms with Crippen LogP contribution in [0.5, 0.6) is 0 Å². The van der Waals surface area contributed by atoms with Crippen molar-refractivity contribution in [3.63, 3.8) is 0 Å². The molecule has 1 saturated carbocycles. The standard InChI is InChI=1S/C20H31N5S/c1-4-21-20(23-15(2)13-19-10-9-16(3)26-19)22-14-17-11-12-25(24-17)18-7-5-6-8-18/h9-12,15,18H,4-8,13-14H2,1-3H3,(H2,21,22,23). The maximum Gasteiger partial charge on any atom is 0.191 e. The van der Waals surface area contributed by atoms with Gasteiger partial charge in [-0.1, -0.05) is 12.8 Å². The smallest absolute Gasteiger partial charge is 0.191 e. The second kappa shape index (κ2) is 9.21. The van der Waals surface area contributed by atoms with Gasteiger partial charge in [0.25, 0.3) is 0 Å². The molecule has 2 aromatic rings. The molecule has 2 heterocycles. The van der Waals surface area contributed by atoms with Gasteiger partial charge in [0.05, 0.1) is 18.3 Å². The first kappa shape index (κ1) is 19.0. The van der Waals surface area contributed by atoms with Crippen molar-refractivity contribution in [2.75, 3.05) is 6.54 Å². The zero-order valence-corrected chi connectivity index (χ0v) is 17.0. The van der Waals surface area contributed by atoms with Crippen LogP contribution in [-0.4, -0.2) is 28.3 Å². The summed E-state index contributed by atoms with van der Waals surface area (Å²) in [5.74, 6) is 0.865. The van der Waals surface area contributed by atoms with Crippen molar-refractivity contribution >= 4 is 17.3 Å². The number of hydrogen-bond donors (Lipinski definition) is 2. The molecule has 6 heteroatoms. The highest BCUT2D eigenvalue weighted by molar-refractivity contribution is 7.11. The van der Waals surface area contributed by atoms with Gasteiger partial charge in [-0.2, -0.15) is 5.10 Å². The molecule has 2 N–H and O–H groups in total. The molecular weight excluding hydrogens is 342 g/mol. The van der Waals surface area contributed by atoms with E-state index in [2.05, 4.69) is 60.5 Å². The molecule has 1 aliphatic carbocycles. The Kier molecular flexibility index (Phi) is 6.72. The summed E-state index contributed by atoms with van der Waals surface area (Å²) in [6.45, 7) is 7.92. The Morgan fingerprint density at radius 1 is 1.35 bits per heavy atom. The molecule has 1 atom stereocenters. The Balaban J connectivity index is 1.56. The minimum Gasteiger partial charge on any atom is -0.357 e. The first-order chi connectivity index (χ1) is 12.6. The second-order valence-corrected chi connectivity index (χ2v) is 8.55. The Bertz CT molecular complexity index is 711. The fraction of sp³-hybridized carbons (Fsp3) is 0.600. The van der Waals surface area contributed by atoms with Gasteiger partial charge in [0.1, 0.15) is 0 Å². The predicted molar refractivity (Wildman–Crippen MR) is 110 cm³/mol. The number of guanidine groups is 1. The largest absolute Gasteiger partial charge is 0.357 e. The van der Waals surface area contributed by atoms with E-state index in [1.54, 1.807) is 0 Å². The molecule has 0 saturated heterocycles. The van der Waals surface area contributed by atoms with Crippen molar-refractivity contribution in [1.82, 2.24) is 20.4 Å². The third-order valence-corrected chi connectivity index (χ3v) is 5.82. The number of hydrogen-bond acceptors (Lipinski definition) is 3. The number of aryl methyl sites for hydroxylation is 1. The average Bonchev–Trinajstić information content (AvgIpc) is 3.34. The SMILES string of the molecule is CCNC(=NCc1ccn(C2CCCC2)n1)NC(C)Cc1ccc(C)s1. The Hall–Kier alpha value is -1.82. The fourth-order valence-corrected chi connectivity index (χ4v) is 4.51. The lowest BCUT2D eigenvalue weighted by molar-refractivity contribution is 0.463. The highest BCUT2D eigenvalue weighted by Gasteiger charge is 2.17. The summed E-state index contributed by atoms with van der Waals surface area (Å²) in [5.41, 5.74) is 1.04. The first-order valence-electron chi connectivity index (χ1n) is 9.78. The van der Waals surface area contributed by atoms with Crippen LogP contribution in [-0.2, 0) is 13.0 Å². The molecule has 3 rings (SSSR count). The molecule has 1 fully saturated rings. The quantitative estimate of drug-likeness (QED) is 0.568. The van der Waals surface area contributed by atoms with Gasteiger partial charge in [0.15, 0.2) is 5.96 Å². The first-order valence-corrected chi connectivity index (χ1v) is 10.6. The lowest BCUT2D eigenvalue weighted by Gasteiger charge is -2.17. The second-order valence-electron chi connectivity index (χ2n) is 7.18. The van der Waals surface area contributed by atoms with E-state index in [1.165, 1.54) is 35.4 Å². The number of aromatic nitrogens is 2. The van der Waals surface area contributed by atoms with E-state index in [9.17, 15) is 0 Å². The summed E-state index contributed by atoms with van der Waals surface area (Å²) in [6.07, 6.45) is 8.30. The monoisotopic (exact) mass is 373 g/mol. The average molecular weight is 374 g/mol. The number of nitrogens with zero attached hydrogens (tertiary/aromatic N) is 3. The van der Waals surface area contributed by atoms with Crippen LogP contribution < -0.4 is 10.6 Å². The summed E-state index contributed by atoms with van der Waals surface area (Å²) in [6, 6.07) is 7.43. The van der Waals surface area contributed by atoms with Gasteiger partial charge in [-0.05, 0) is 51.8 Å². The van der Waals surface area contributed by atoms with Gasteiger partial charge in [0.2, 0.25) is 0 Å². The maximum absolute atomic E-state index is 4.73. The number of nitrogens with one attached hydrogen (secondary N) is 2. The Morgan fingerprint density at radius 2 is 2.15 bits per heavy atom. The van der Waals surface area contributed by atoms with Gasteiger partial charge in [-0.15, -0.1) is 11.3 Å². The fourth-order valence-electron chi connectivity index (χ4n) is 3.49. The minimum absolute atomic E-state index is 0.335. The van der Waals surface area contributed by atoms with E-state index in [-0.39, 0.29) is 0 Å². The molecule has 1 unspecified atom stereocenters. The molecule has 0 bridgehead atoms. The summed E-state index contributed by atoms with van der Waals surface area (Å²) in [5, 5.41) is 11.6. The van der Waals surface area contributed by atoms with E-state index in [4.69, 9.17) is 10.1 Å². The topological polar surface area (TPSA) is 54.2 Å². The van der Waals surface area contributed by atoms with Gasteiger partial charge in [-0.3, -0.25) is 4.68 Å². The molecule has 142 valence electrons. The highest BCUT2D eigenvalue weighted by atomic mass is 32.1. The molecule has 26 heavy (non-hydrogen) atoms. The molecule has 0 amide bonds. The van der Waals surface area contributed by atoms with E-state index in [0.29, 0.717) is 18.6 Å². The van der Waals surface area contributed by atoms with Gasteiger partial charge in [0, 0.05) is 35.0 Å². The lowest BCUT2D eigenvalue weighted by atomic mass is 10.2. The van der Waals surface area contributed by atoms with E-state index >= 15 is 0 Å². The minimum atomic E-state index is 0.335. The summed E-state index contributed by atoms with van der Waals surface area (Å²) in [4.78, 5) is 7.51. The zero-order chi connectivity index (χ0) is 18.4. The third-order valence-electron chi connectivity index (χ3n) is 4.79. The van der Waals surface area contributed by atoms with Crippen molar-refractivity contribution in [3.05, 3.63) is 39.8 Å². The summed E-state index contributed by atoms with van der Waals surface area (Å²) in [7, 11) is 0. The van der Waals surface area contributed by atoms with Gasteiger partial charge < -0.3 is 10.6 Å². The molecule has 1 aliphatic rings. The molecule has 0 spiro atoms. The van der Waals surface area contributed by atoms with Crippen LogP contribution in [0.25, 0.3) is 0 Å². The van der Waals surface area contributed by atoms with Crippen LogP contribution in [0, 0.1) is 6.92 Å². The Morgan fingerprint density at radius 3 is 2.85 bits per heavy atom. The van der Waals surface area contributed by atoms with Crippen LogP contribution in [0.1, 0.15) is 61.0 Å². The molecule has 2 aromatic heterocycles. The van der Waals surface area contributed by atoms with Crippen LogP contribution in [0.4, 0.5) is 0 Å². The van der Waals surface area contributed by atoms with Gasteiger partial charge in [-0.25, -0.2) is 4.99 Å². The van der Waals surface area contributed by atoms with E-state index in [1.807, 2.05) is 11.3 Å². The number of rotatable bonds is 7. The number of aliphatic imine (C=N–C) groups is 1. The molecule has 0 radical (unpaired) electrons. The molecule has 5 nitrogen and oxygen atoms in total. The number of thiophene rings is 1. The van der Waals surface area contributed by atoms with Crippen LogP contribution in [0.2, 0.25) is 0 Å².